The Bertz CT molecular complexity index is 869. The number of carbonyl (C=O) groups is 2. The maximum atomic E-state index is 12.9. The van der Waals surface area contributed by atoms with Gasteiger partial charge in [0.25, 0.3) is 0 Å². The summed E-state index contributed by atoms with van der Waals surface area (Å²) in [6.45, 7) is 5.26. The summed E-state index contributed by atoms with van der Waals surface area (Å²) in [7, 11) is 0. The second-order valence-corrected chi connectivity index (χ2v) is 9.17. The van der Waals surface area contributed by atoms with Gasteiger partial charge in [-0.1, -0.05) is 18.9 Å². The Kier molecular flexibility index (Phi) is 5.28. The molecule has 0 bridgehead atoms. The minimum atomic E-state index is -0.268. The molecule has 148 valence electrons. The molecule has 4 rings (SSSR count). The van der Waals surface area contributed by atoms with Gasteiger partial charge in [0.2, 0.25) is 11.8 Å². The molecule has 0 radical (unpaired) electrons. The van der Waals surface area contributed by atoms with Gasteiger partial charge in [0.1, 0.15) is 0 Å². The van der Waals surface area contributed by atoms with Gasteiger partial charge in [-0.15, -0.1) is 0 Å². The molecule has 2 fully saturated rings. The normalized spacial score (nSPS) is 21.3. The van der Waals surface area contributed by atoms with Crippen molar-refractivity contribution in [3.05, 3.63) is 51.7 Å². The average molecular weight is 397 g/mol. The molecular weight excluding hydrogens is 368 g/mol. The lowest BCUT2D eigenvalue weighted by atomic mass is 9.80. The van der Waals surface area contributed by atoms with Crippen LogP contribution < -0.4 is 10.2 Å². The highest BCUT2D eigenvalue weighted by molar-refractivity contribution is 7.08. The molecule has 1 atom stereocenters. The Morgan fingerprint density at radius 1 is 1.21 bits per heavy atom. The zero-order valence-electron chi connectivity index (χ0n) is 16.7. The van der Waals surface area contributed by atoms with E-state index in [9.17, 15) is 9.59 Å². The summed E-state index contributed by atoms with van der Waals surface area (Å²) in [5, 5.41) is 7.54. The highest BCUT2D eigenvalue weighted by atomic mass is 32.1. The van der Waals surface area contributed by atoms with Crippen LogP contribution in [0.1, 0.15) is 48.8 Å². The molecule has 2 amide bonds. The first kappa shape index (κ1) is 19.2. The van der Waals surface area contributed by atoms with Crippen molar-refractivity contribution in [3.63, 3.8) is 0 Å². The molecule has 2 aromatic rings. The number of aryl methyl sites for hydroxylation is 2. The van der Waals surface area contributed by atoms with E-state index in [1.54, 1.807) is 16.2 Å². The number of benzene rings is 1. The van der Waals surface area contributed by atoms with E-state index in [0.29, 0.717) is 19.5 Å². The number of nitrogens with zero attached hydrogens (tertiary/aromatic N) is 1. The van der Waals surface area contributed by atoms with Gasteiger partial charge < -0.3 is 10.2 Å². The maximum absolute atomic E-state index is 12.9. The Morgan fingerprint density at radius 2 is 2.00 bits per heavy atom. The molecule has 2 aliphatic rings. The van der Waals surface area contributed by atoms with E-state index in [4.69, 9.17) is 0 Å². The first-order valence-corrected chi connectivity index (χ1v) is 11.1. The van der Waals surface area contributed by atoms with E-state index in [0.717, 1.165) is 24.1 Å². The highest BCUT2D eigenvalue weighted by Crippen LogP contribution is 2.41. The standard InChI is InChI=1S/C23H28N2O2S/c1-16-5-6-20(11-17(16)2)25-13-18(12-21(25)26)22(27)24-15-23(8-3-4-9-23)19-7-10-28-14-19/h5-7,10-11,14,18H,3-4,8-9,12-13,15H2,1-2H3,(H,24,27). The van der Waals surface area contributed by atoms with Gasteiger partial charge in [-0.05, 0) is 72.3 Å². The van der Waals surface area contributed by atoms with E-state index in [2.05, 4.69) is 36.0 Å². The predicted octanol–water partition coefficient (Wildman–Crippen LogP) is 4.35. The van der Waals surface area contributed by atoms with Crippen LogP contribution in [0.2, 0.25) is 0 Å². The fraction of sp³-hybridized carbons (Fsp3) is 0.478. The minimum Gasteiger partial charge on any atom is -0.355 e. The first-order chi connectivity index (χ1) is 13.5. The number of amides is 2. The summed E-state index contributed by atoms with van der Waals surface area (Å²) in [6.07, 6.45) is 4.98. The van der Waals surface area contributed by atoms with Crippen LogP contribution in [0.15, 0.2) is 35.0 Å². The molecule has 1 aromatic heterocycles. The van der Waals surface area contributed by atoms with E-state index >= 15 is 0 Å². The number of nitrogens with one attached hydrogen (secondary N) is 1. The molecule has 1 saturated carbocycles. The van der Waals surface area contributed by atoms with Crippen molar-refractivity contribution in [2.24, 2.45) is 5.92 Å². The third kappa shape index (κ3) is 3.60. The molecule has 1 N–H and O–H groups in total. The molecule has 1 aromatic carbocycles. The number of hydrogen-bond acceptors (Lipinski definition) is 3. The van der Waals surface area contributed by atoms with Crippen molar-refractivity contribution in [1.82, 2.24) is 5.32 Å². The van der Waals surface area contributed by atoms with Gasteiger partial charge in [-0.2, -0.15) is 11.3 Å². The summed E-state index contributed by atoms with van der Waals surface area (Å²) in [5.41, 5.74) is 4.70. The van der Waals surface area contributed by atoms with Crippen LogP contribution in [-0.2, 0) is 15.0 Å². The SMILES string of the molecule is Cc1ccc(N2CC(C(=O)NCC3(c4ccsc4)CCCC3)CC2=O)cc1C. The summed E-state index contributed by atoms with van der Waals surface area (Å²) in [5.74, 6) is -0.215. The molecule has 4 nitrogen and oxygen atoms in total. The predicted molar refractivity (Wildman–Crippen MR) is 114 cm³/mol. The number of anilines is 1. The van der Waals surface area contributed by atoms with Gasteiger partial charge in [0.05, 0.1) is 5.92 Å². The maximum Gasteiger partial charge on any atom is 0.227 e. The van der Waals surface area contributed by atoms with Gasteiger partial charge in [0, 0.05) is 30.6 Å². The topological polar surface area (TPSA) is 49.4 Å². The highest BCUT2D eigenvalue weighted by Gasteiger charge is 2.39. The van der Waals surface area contributed by atoms with Crippen molar-refractivity contribution in [2.75, 3.05) is 18.0 Å². The van der Waals surface area contributed by atoms with Crippen LogP contribution in [0.25, 0.3) is 0 Å². The molecule has 1 unspecified atom stereocenters. The monoisotopic (exact) mass is 396 g/mol. The zero-order valence-corrected chi connectivity index (χ0v) is 17.5. The number of carbonyl (C=O) groups excluding carboxylic acids is 2. The molecule has 1 aliphatic carbocycles. The molecule has 1 saturated heterocycles. The van der Waals surface area contributed by atoms with Crippen LogP contribution in [0, 0.1) is 19.8 Å². The quantitative estimate of drug-likeness (QED) is 0.817. The Balaban J connectivity index is 1.41. The van der Waals surface area contributed by atoms with Crippen molar-refractivity contribution < 1.29 is 9.59 Å². The fourth-order valence-corrected chi connectivity index (χ4v) is 5.39. The Morgan fingerprint density at radius 3 is 2.68 bits per heavy atom. The van der Waals surface area contributed by atoms with Gasteiger partial charge in [-0.25, -0.2) is 0 Å². The molecule has 0 spiro atoms. The van der Waals surface area contributed by atoms with E-state index < -0.39 is 0 Å². The van der Waals surface area contributed by atoms with Crippen molar-refractivity contribution in [1.29, 1.82) is 0 Å². The van der Waals surface area contributed by atoms with Crippen molar-refractivity contribution in [2.45, 2.75) is 51.4 Å². The van der Waals surface area contributed by atoms with Crippen LogP contribution in [0.4, 0.5) is 5.69 Å². The molecular formula is C23H28N2O2S. The average Bonchev–Trinajstić information content (AvgIpc) is 3.43. The third-order valence-electron chi connectivity index (χ3n) is 6.59. The van der Waals surface area contributed by atoms with Gasteiger partial charge in [-0.3, -0.25) is 9.59 Å². The van der Waals surface area contributed by atoms with Crippen molar-refractivity contribution >= 4 is 28.8 Å². The Hall–Kier alpha value is -2.14. The molecule has 5 heteroatoms. The molecule has 28 heavy (non-hydrogen) atoms. The molecule has 2 heterocycles. The summed E-state index contributed by atoms with van der Waals surface area (Å²) in [4.78, 5) is 27.2. The second-order valence-electron chi connectivity index (χ2n) is 8.39. The lowest BCUT2D eigenvalue weighted by molar-refractivity contribution is -0.126. The van der Waals surface area contributed by atoms with E-state index in [1.807, 2.05) is 18.2 Å². The number of rotatable bonds is 5. The van der Waals surface area contributed by atoms with Gasteiger partial charge >= 0.3 is 0 Å². The van der Waals surface area contributed by atoms with Crippen LogP contribution in [0.3, 0.4) is 0 Å². The van der Waals surface area contributed by atoms with Crippen LogP contribution in [0.5, 0.6) is 0 Å². The summed E-state index contributed by atoms with van der Waals surface area (Å²) < 4.78 is 0. The van der Waals surface area contributed by atoms with E-state index in [1.165, 1.54) is 24.0 Å². The van der Waals surface area contributed by atoms with Crippen molar-refractivity contribution in [3.8, 4) is 0 Å². The van der Waals surface area contributed by atoms with Crippen LogP contribution >= 0.6 is 11.3 Å². The van der Waals surface area contributed by atoms with Gasteiger partial charge in [0.15, 0.2) is 0 Å². The minimum absolute atomic E-state index is 0.0150. The fourth-order valence-electron chi connectivity index (χ4n) is 4.61. The second kappa shape index (κ2) is 7.70. The Labute approximate surface area is 170 Å². The number of thiophene rings is 1. The first-order valence-electron chi connectivity index (χ1n) is 10.2. The summed E-state index contributed by atoms with van der Waals surface area (Å²) >= 11 is 1.72. The van der Waals surface area contributed by atoms with Crippen LogP contribution in [-0.4, -0.2) is 24.9 Å². The summed E-state index contributed by atoms with van der Waals surface area (Å²) in [6, 6.07) is 8.25. The smallest absolute Gasteiger partial charge is 0.227 e. The third-order valence-corrected chi connectivity index (χ3v) is 7.28. The zero-order chi connectivity index (χ0) is 19.7. The molecule has 1 aliphatic heterocycles. The lowest BCUT2D eigenvalue weighted by Gasteiger charge is -2.29. The lowest BCUT2D eigenvalue weighted by Crippen LogP contribution is -2.42. The largest absolute Gasteiger partial charge is 0.355 e. The number of hydrogen-bond donors (Lipinski definition) is 1. The van der Waals surface area contributed by atoms with E-state index in [-0.39, 0.29) is 23.1 Å².